The van der Waals surface area contributed by atoms with Gasteiger partial charge in [0.05, 0.1) is 0 Å². The summed E-state index contributed by atoms with van der Waals surface area (Å²) in [6.07, 6.45) is 13.3. The summed E-state index contributed by atoms with van der Waals surface area (Å²) in [5, 5.41) is 1.34. The summed E-state index contributed by atoms with van der Waals surface area (Å²) in [6.45, 7) is 0. The lowest BCUT2D eigenvalue weighted by atomic mass is 9.75. The van der Waals surface area contributed by atoms with Gasteiger partial charge in [-0.15, -0.1) is 0 Å². The monoisotopic (exact) mass is 249 g/mol. The van der Waals surface area contributed by atoms with Crippen molar-refractivity contribution < 1.29 is 0 Å². The normalized spacial score (nSPS) is 22.8. The molecule has 1 aromatic heterocycles. The average molecular weight is 249 g/mol. The van der Waals surface area contributed by atoms with Gasteiger partial charge in [0.2, 0.25) is 0 Å². The molecule has 0 saturated carbocycles. The molecule has 2 aliphatic carbocycles. The number of aromatic nitrogens is 1. The molecule has 1 aromatic carbocycles. The summed E-state index contributed by atoms with van der Waals surface area (Å²) in [5.74, 6) is 0.625. The Labute approximate surface area is 114 Å². The van der Waals surface area contributed by atoms with E-state index in [0.717, 1.165) is 0 Å². The Morgan fingerprint density at radius 2 is 2.11 bits per heavy atom. The summed E-state index contributed by atoms with van der Waals surface area (Å²) in [5.41, 5.74) is 6.07. The molecular formula is C18H19N. The molecule has 96 valence electrons. The van der Waals surface area contributed by atoms with Crippen molar-refractivity contribution in [3.63, 3.8) is 0 Å². The third-order valence-corrected chi connectivity index (χ3v) is 4.64. The Hall–Kier alpha value is -1.76. The zero-order valence-electron chi connectivity index (χ0n) is 11.2. The molecule has 4 rings (SSSR count). The predicted molar refractivity (Wildman–Crippen MR) is 80.3 cm³/mol. The van der Waals surface area contributed by atoms with Crippen LogP contribution in [0.15, 0.2) is 53.8 Å². The number of hydrogen-bond donors (Lipinski definition) is 1. The van der Waals surface area contributed by atoms with Gasteiger partial charge in [-0.05, 0) is 66.8 Å². The van der Waals surface area contributed by atoms with E-state index in [-0.39, 0.29) is 0 Å². The van der Waals surface area contributed by atoms with Crippen LogP contribution in [0.4, 0.5) is 0 Å². The summed E-state index contributed by atoms with van der Waals surface area (Å²) in [4.78, 5) is 3.28. The molecule has 0 amide bonds. The third-order valence-electron chi connectivity index (χ3n) is 4.64. The van der Waals surface area contributed by atoms with Crippen LogP contribution in [0.5, 0.6) is 0 Å². The highest BCUT2D eigenvalue weighted by Crippen LogP contribution is 2.42. The molecule has 0 saturated heterocycles. The van der Waals surface area contributed by atoms with Gasteiger partial charge in [-0.3, -0.25) is 0 Å². The molecule has 2 aromatic rings. The number of allylic oxidation sites excluding steroid dienone is 4. The number of aromatic amines is 1. The van der Waals surface area contributed by atoms with Crippen molar-refractivity contribution in [3.8, 4) is 0 Å². The molecule has 0 spiro atoms. The second-order valence-corrected chi connectivity index (χ2v) is 5.77. The van der Waals surface area contributed by atoms with Crippen LogP contribution in [0, 0.1) is 0 Å². The first-order chi connectivity index (χ1) is 9.42. The van der Waals surface area contributed by atoms with Crippen molar-refractivity contribution >= 4 is 10.9 Å². The van der Waals surface area contributed by atoms with Gasteiger partial charge in [-0.25, -0.2) is 0 Å². The maximum atomic E-state index is 3.28. The smallest absolute Gasteiger partial charge is 0.0454 e. The maximum absolute atomic E-state index is 3.28. The SMILES string of the molecule is C1=CC2=C(CC1)CCCC2c1ccc2[nH]ccc2c1. The molecular weight excluding hydrogens is 230 g/mol. The molecule has 1 heteroatoms. The lowest BCUT2D eigenvalue weighted by molar-refractivity contribution is 0.591. The highest BCUT2D eigenvalue weighted by Gasteiger charge is 2.24. The van der Waals surface area contributed by atoms with Gasteiger partial charge in [0.15, 0.2) is 0 Å². The van der Waals surface area contributed by atoms with Crippen LogP contribution in [0.25, 0.3) is 10.9 Å². The van der Waals surface area contributed by atoms with Gasteiger partial charge >= 0.3 is 0 Å². The van der Waals surface area contributed by atoms with Crippen LogP contribution >= 0.6 is 0 Å². The van der Waals surface area contributed by atoms with Gasteiger partial charge in [-0.2, -0.15) is 0 Å². The maximum Gasteiger partial charge on any atom is 0.0454 e. The van der Waals surface area contributed by atoms with E-state index >= 15 is 0 Å². The second-order valence-electron chi connectivity index (χ2n) is 5.77. The summed E-state index contributed by atoms with van der Waals surface area (Å²) in [6, 6.07) is 9.08. The highest BCUT2D eigenvalue weighted by molar-refractivity contribution is 5.80. The van der Waals surface area contributed by atoms with E-state index in [1.807, 2.05) is 6.20 Å². The van der Waals surface area contributed by atoms with E-state index < -0.39 is 0 Å². The van der Waals surface area contributed by atoms with E-state index in [0.29, 0.717) is 5.92 Å². The number of nitrogens with one attached hydrogen (secondary N) is 1. The van der Waals surface area contributed by atoms with Crippen molar-refractivity contribution in [2.45, 2.75) is 38.0 Å². The van der Waals surface area contributed by atoms with E-state index in [9.17, 15) is 0 Å². The molecule has 0 radical (unpaired) electrons. The number of rotatable bonds is 1. The number of benzene rings is 1. The van der Waals surface area contributed by atoms with Gasteiger partial charge in [0.25, 0.3) is 0 Å². The van der Waals surface area contributed by atoms with E-state index in [2.05, 4.69) is 41.4 Å². The minimum absolute atomic E-state index is 0.625. The summed E-state index contributed by atoms with van der Waals surface area (Å²) < 4.78 is 0. The topological polar surface area (TPSA) is 15.8 Å². The van der Waals surface area contributed by atoms with Crippen LogP contribution in [0.3, 0.4) is 0 Å². The zero-order chi connectivity index (χ0) is 12.7. The second kappa shape index (κ2) is 4.41. The quantitative estimate of drug-likeness (QED) is 0.725. The lowest BCUT2D eigenvalue weighted by Gasteiger charge is -2.29. The first kappa shape index (κ1) is 11.1. The molecule has 1 heterocycles. The van der Waals surface area contributed by atoms with Gasteiger partial charge in [-0.1, -0.05) is 23.8 Å². The Morgan fingerprint density at radius 3 is 3.11 bits per heavy atom. The molecule has 0 aliphatic heterocycles. The Balaban J connectivity index is 1.80. The van der Waals surface area contributed by atoms with E-state index in [4.69, 9.17) is 0 Å². The van der Waals surface area contributed by atoms with Crippen LogP contribution in [-0.4, -0.2) is 4.98 Å². The fourth-order valence-corrected chi connectivity index (χ4v) is 3.67. The number of H-pyrrole nitrogens is 1. The standard InChI is InChI=1S/C18H19N/c1-2-6-16-13(4-1)5-3-7-17(16)14-8-9-18-15(12-14)10-11-19-18/h2,6,8-12,17,19H,1,3-5,7H2. The minimum atomic E-state index is 0.625. The van der Waals surface area contributed by atoms with Crippen LogP contribution in [0.1, 0.15) is 43.6 Å². The van der Waals surface area contributed by atoms with Crippen molar-refractivity contribution in [1.29, 1.82) is 0 Å². The molecule has 0 bridgehead atoms. The van der Waals surface area contributed by atoms with Gasteiger partial charge in [0.1, 0.15) is 0 Å². The van der Waals surface area contributed by atoms with Gasteiger partial charge < -0.3 is 4.98 Å². The Kier molecular flexibility index (Phi) is 2.58. The molecule has 0 fully saturated rings. The average Bonchev–Trinajstić information content (AvgIpc) is 2.94. The predicted octanol–water partition coefficient (Wildman–Crippen LogP) is 5.08. The third kappa shape index (κ3) is 1.85. The van der Waals surface area contributed by atoms with Crippen molar-refractivity contribution in [1.82, 2.24) is 4.98 Å². The molecule has 1 atom stereocenters. The van der Waals surface area contributed by atoms with Crippen molar-refractivity contribution in [3.05, 3.63) is 59.3 Å². The van der Waals surface area contributed by atoms with Crippen molar-refractivity contribution in [2.24, 2.45) is 0 Å². The first-order valence-electron chi connectivity index (χ1n) is 7.37. The minimum Gasteiger partial charge on any atom is -0.361 e. The molecule has 1 N–H and O–H groups in total. The number of fused-ring (bicyclic) bond motifs is 1. The van der Waals surface area contributed by atoms with E-state index in [1.54, 1.807) is 11.1 Å². The van der Waals surface area contributed by atoms with Gasteiger partial charge in [0, 0.05) is 17.6 Å². The lowest BCUT2D eigenvalue weighted by Crippen LogP contribution is -2.11. The summed E-state index contributed by atoms with van der Waals surface area (Å²) >= 11 is 0. The molecule has 2 aliphatic rings. The zero-order valence-corrected chi connectivity index (χ0v) is 11.2. The Bertz CT molecular complexity index is 672. The van der Waals surface area contributed by atoms with Crippen LogP contribution in [-0.2, 0) is 0 Å². The van der Waals surface area contributed by atoms with Crippen LogP contribution in [0.2, 0.25) is 0 Å². The van der Waals surface area contributed by atoms with Crippen molar-refractivity contribution in [2.75, 3.05) is 0 Å². The van der Waals surface area contributed by atoms with Crippen LogP contribution < -0.4 is 0 Å². The molecule has 1 unspecified atom stereocenters. The molecule has 1 nitrogen and oxygen atoms in total. The largest absolute Gasteiger partial charge is 0.361 e. The highest BCUT2D eigenvalue weighted by atomic mass is 14.7. The fraction of sp³-hybridized carbons (Fsp3) is 0.333. The van der Waals surface area contributed by atoms with E-state index in [1.165, 1.54) is 48.6 Å². The Morgan fingerprint density at radius 1 is 1.11 bits per heavy atom. The molecule has 19 heavy (non-hydrogen) atoms. The fourth-order valence-electron chi connectivity index (χ4n) is 3.67. The first-order valence-corrected chi connectivity index (χ1v) is 7.37. The number of hydrogen-bond acceptors (Lipinski definition) is 0. The summed E-state index contributed by atoms with van der Waals surface area (Å²) in [7, 11) is 0.